The average Bonchev–Trinajstić information content (AvgIpc) is 3.28. The summed E-state index contributed by atoms with van der Waals surface area (Å²) >= 11 is 0. The van der Waals surface area contributed by atoms with Crippen molar-refractivity contribution in [2.24, 2.45) is 5.92 Å². The van der Waals surface area contributed by atoms with Crippen LogP contribution in [0, 0.1) is 5.92 Å². The first-order valence-corrected chi connectivity index (χ1v) is 9.24. The summed E-state index contributed by atoms with van der Waals surface area (Å²) in [5.41, 5.74) is 3.18. The number of hydrogen-bond acceptors (Lipinski definition) is 3. The molecule has 1 atom stereocenters. The molecule has 5 heteroatoms. The lowest BCUT2D eigenvalue weighted by Crippen LogP contribution is -2.24. The Morgan fingerprint density at radius 3 is 2.84 bits per heavy atom. The Morgan fingerprint density at radius 1 is 1.36 bits per heavy atom. The van der Waals surface area contributed by atoms with Crippen LogP contribution in [0.4, 0.5) is 0 Å². The van der Waals surface area contributed by atoms with Gasteiger partial charge in [-0.2, -0.15) is 5.10 Å². The minimum Gasteiger partial charge on any atom is -0.352 e. The van der Waals surface area contributed by atoms with Crippen LogP contribution >= 0.6 is 0 Å². The van der Waals surface area contributed by atoms with Gasteiger partial charge in [-0.3, -0.25) is 4.79 Å². The number of benzene rings is 1. The fourth-order valence-corrected chi connectivity index (χ4v) is 3.34. The van der Waals surface area contributed by atoms with Gasteiger partial charge in [0.2, 0.25) is 5.91 Å². The molecule has 0 saturated carbocycles. The molecule has 25 heavy (non-hydrogen) atoms. The molecule has 2 heterocycles. The van der Waals surface area contributed by atoms with Crippen LogP contribution in [-0.2, 0) is 11.3 Å². The van der Waals surface area contributed by atoms with Gasteiger partial charge in [-0.05, 0) is 49.9 Å². The molecule has 2 N–H and O–H groups in total. The number of nitrogens with one attached hydrogen (secondary N) is 2. The van der Waals surface area contributed by atoms with E-state index in [4.69, 9.17) is 5.10 Å². The second kappa shape index (κ2) is 8.30. The SMILES string of the molecule is CC(C)c1nn(-c2ccccc2)cc1CNC(=O)CCC1CCNC1. The van der Waals surface area contributed by atoms with Crippen LogP contribution < -0.4 is 10.6 Å². The maximum absolute atomic E-state index is 12.2. The predicted molar refractivity (Wildman–Crippen MR) is 99.7 cm³/mol. The van der Waals surface area contributed by atoms with Gasteiger partial charge in [0.1, 0.15) is 0 Å². The third kappa shape index (κ3) is 4.69. The van der Waals surface area contributed by atoms with Crippen LogP contribution in [-0.4, -0.2) is 28.8 Å². The molecular weight excluding hydrogens is 312 g/mol. The van der Waals surface area contributed by atoms with Crippen molar-refractivity contribution >= 4 is 5.91 Å². The van der Waals surface area contributed by atoms with E-state index in [1.54, 1.807) is 0 Å². The minimum atomic E-state index is 0.133. The van der Waals surface area contributed by atoms with E-state index in [9.17, 15) is 4.79 Å². The molecule has 5 nitrogen and oxygen atoms in total. The predicted octanol–water partition coefficient (Wildman–Crippen LogP) is 3.00. The fourth-order valence-electron chi connectivity index (χ4n) is 3.34. The van der Waals surface area contributed by atoms with Gasteiger partial charge < -0.3 is 10.6 Å². The zero-order valence-electron chi connectivity index (χ0n) is 15.2. The van der Waals surface area contributed by atoms with Crippen molar-refractivity contribution in [3.05, 3.63) is 47.8 Å². The van der Waals surface area contributed by atoms with E-state index in [1.807, 2.05) is 41.2 Å². The van der Waals surface area contributed by atoms with Crippen molar-refractivity contribution in [1.29, 1.82) is 0 Å². The molecule has 134 valence electrons. The molecule has 0 radical (unpaired) electrons. The second-order valence-electron chi connectivity index (χ2n) is 7.15. The Balaban J connectivity index is 1.60. The molecule has 1 aliphatic rings. The van der Waals surface area contributed by atoms with E-state index in [0.717, 1.165) is 36.5 Å². The number of hydrogen-bond donors (Lipinski definition) is 2. The molecular formula is C20H28N4O. The molecule has 0 bridgehead atoms. The smallest absolute Gasteiger partial charge is 0.220 e. The highest BCUT2D eigenvalue weighted by atomic mass is 16.1. The van der Waals surface area contributed by atoms with Crippen molar-refractivity contribution in [2.75, 3.05) is 13.1 Å². The van der Waals surface area contributed by atoms with Crippen LogP contribution in [0.5, 0.6) is 0 Å². The van der Waals surface area contributed by atoms with Crippen LogP contribution in [0.1, 0.15) is 50.3 Å². The highest BCUT2D eigenvalue weighted by molar-refractivity contribution is 5.75. The van der Waals surface area contributed by atoms with Crippen molar-refractivity contribution in [3.8, 4) is 5.69 Å². The normalized spacial score (nSPS) is 17.2. The molecule has 0 aliphatic carbocycles. The number of rotatable bonds is 7. The Kier molecular flexibility index (Phi) is 5.87. The van der Waals surface area contributed by atoms with Gasteiger partial charge in [0.05, 0.1) is 11.4 Å². The molecule has 1 aromatic heterocycles. The number of aromatic nitrogens is 2. The van der Waals surface area contributed by atoms with Gasteiger partial charge in [-0.1, -0.05) is 32.0 Å². The highest BCUT2D eigenvalue weighted by Gasteiger charge is 2.17. The van der Waals surface area contributed by atoms with E-state index in [1.165, 1.54) is 6.42 Å². The molecule has 2 aromatic rings. The molecule has 1 unspecified atom stereocenters. The zero-order chi connectivity index (χ0) is 17.6. The summed E-state index contributed by atoms with van der Waals surface area (Å²) in [5.74, 6) is 1.10. The number of para-hydroxylation sites is 1. The molecule has 1 amide bonds. The largest absolute Gasteiger partial charge is 0.352 e. The van der Waals surface area contributed by atoms with Crippen molar-refractivity contribution in [2.45, 2.75) is 45.6 Å². The molecule has 1 aromatic carbocycles. The Bertz CT molecular complexity index is 687. The summed E-state index contributed by atoms with van der Waals surface area (Å²) in [5, 5.41) is 11.1. The van der Waals surface area contributed by atoms with Crippen LogP contribution in [0.2, 0.25) is 0 Å². The number of amides is 1. The number of carbonyl (C=O) groups is 1. The lowest BCUT2D eigenvalue weighted by atomic mass is 10.0. The minimum absolute atomic E-state index is 0.133. The van der Waals surface area contributed by atoms with E-state index in [-0.39, 0.29) is 5.91 Å². The maximum atomic E-state index is 12.2. The Hall–Kier alpha value is -2.14. The van der Waals surface area contributed by atoms with E-state index in [2.05, 4.69) is 24.5 Å². The van der Waals surface area contributed by atoms with Crippen LogP contribution in [0.3, 0.4) is 0 Å². The van der Waals surface area contributed by atoms with Crippen molar-refractivity contribution in [1.82, 2.24) is 20.4 Å². The summed E-state index contributed by atoms with van der Waals surface area (Å²) < 4.78 is 1.90. The van der Waals surface area contributed by atoms with Gasteiger partial charge in [0.15, 0.2) is 0 Å². The van der Waals surface area contributed by atoms with E-state index >= 15 is 0 Å². The first kappa shape index (κ1) is 17.7. The summed E-state index contributed by atoms with van der Waals surface area (Å²) in [7, 11) is 0. The third-order valence-corrected chi connectivity index (χ3v) is 4.81. The Morgan fingerprint density at radius 2 is 2.16 bits per heavy atom. The summed E-state index contributed by atoms with van der Waals surface area (Å²) in [6.45, 7) is 6.95. The van der Waals surface area contributed by atoms with Gasteiger partial charge >= 0.3 is 0 Å². The standard InChI is InChI=1S/C20H28N4O/c1-15(2)20-17(14-24(23-20)18-6-4-3-5-7-18)13-22-19(25)9-8-16-10-11-21-12-16/h3-7,14-16,21H,8-13H2,1-2H3,(H,22,25). The average molecular weight is 340 g/mol. The first-order chi connectivity index (χ1) is 12.1. The van der Waals surface area contributed by atoms with Gasteiger partial charge in [0.25, 0.3) is 0 Å². The quantitative estimate of drug-likeness (QED) is 0.814. The summed E-state index contributed by atoms with van der Waals surface area (Å²) in [6, 6.07) is 10.1. The molecule has 1 aliphatic heterocycles. The summed E-state index contributed by atoms with van der Waals surface area (Å²) in [4.78, 5) is 12.2. The zero-order valence-corrected chi connectivity index (χ0v) is 15.2. The molecule has 1 saturated heterocycles. The van der Waals surface area contributed by atoms with Gasteiger partial charge in [0, 0.05) is 24.7 Å². The molecule has 0 spiro atoms. The highest BCUT2D eigenvalue weighted by Crippen LogP contribution is 2.20. The van der Waals surface area contributed by atoms with Crippen LogP contribution in [0.25, 0.3) is 5.69 Å². The Labute approximate surface area is 149 Å². The molecule has 3 rings (SSSR count). The lowest BCUT2D eigenvalue weighted by molar-refractivity contribution is -0.121. The number of nitrogens with zero attached hydrogens (tertiary/aromatic N) is 2. The maximum Gasteiger partial charge on any atom is 0.220 e. The first-order valence-electron chi connectivity index (χ1n) is 9.24. The van der Waals surface area contributed by atoms with E-state index < -0.39 is 0 Å². The van der Waals surface area contributed by atoms with Crippen molar-refractivity contribution in [3.63, 3.8) is 0 Å². The fraction of sp³-hybridized carbons (Fsp3) is 0.500. The third-order valence-electron chi connectivity index (χ3n) is 4.81. The lowest BCUT2D eigenvalue weighted by Gasteiger charge is -2.09. The number of carbonyl (C=O) groups excluding carboxylic acids is 1. The topological polar surface area (TPSA) is 59.0 Å². The van der Waals surface area contributed by atoms with E-state index in [0.29, 0.717) is 24.8 Å². The van der Waals surface area contributed by atoms with Crippen LogP contribution in [0.15, 0.2) is 36.5 Å². The summed E-state index contributed by atoms with van der Waals surface area (Å²) in [6.07, 6.45) is 4.80. The molecule has 1 fully saturated rings. The monoisotopic (exact) mass is 340 g/mol. The van der Waals surface area contributed by atoms with Crippen molar-refractivity contribution < 1.29 is 4.79 Å². The van der Waals surface area contributed by atoms with Gasteiger partial charge in [-0.25, -0.2) is 4.68 Å². The second-order valence-corrected chi connectivity index (χ2v) is 7.15. The van der Waals surface area contributed by atoms with Gasteiger partial charge in [-0.15, -0.1) is 0 Å².